The first kappa shape index (κ1) is 20.2. The van der Waals surface area contributed by atoms with Gasteiger partial charge in [-0.05, 0) is 26.0 Å². The summed E-state index contributed by atoms with van der Waals surface area (Å²) in [6.07, 6.45) is 0.198. The quantitative estimate of drug-likeness (QED) is 0.626. The first-order chi connectivity index (χ1) is 10.2. The van der Waals surface area contributed by atoms with Crippen LogP contribution in [0.2, 0.25) is 0 Å². The Labute approximate surface area is 131 Å². The van der Waals surface area contributed by atoms with E-state index in [0.29, 0.717) is 0 Å². The summed E-state index contributed by atoms with van der Waals surface area (Å²) in [4.78, 5) is 32.9. The number of carbonyl (C=O) groups excluding carboxylic acids is 3. The third-order valence-electron chi connectivity index (χ3n) is 2.59. The topological polar surface area (TPSA) is 69.7 Å². The van der Waals surface area contributed by atoms with Gasteiger partial charge in [0, 0.05) is 6.16 Å². The van der Waals surface area contributed by atoms with Gasteiger partial charge in [0.2, 0.25) is 0 Å². The van der Waals surface area contributed by atoms with E-state index in [2.05, 4.69) is 18.7 Å². The van der Waals surface area contributed by atoms with Gasteiger partial charge < -0.3 is 9.47 Å². The highest BCUT2D eigenvalue weighted by Crippen LogP contribution is 2.11. The summed E-state index contributed by atoms with van der Waals surface area (Å²) >= 11 is 0. The van der Waals surface area contributed by atoms with E-state index in [4.69, 9.17) is 0 Å². The summed E-state index contributed by atoms with van der Waals surface area (Å²) in [6, 6.07) is 6.33. The fraction of sp³-hybridized carbons (Fsp3) is 0.400. The van der Waals surface area contributed by atoms with Crippen molar-refractivity contribution in [2.24, 2.45) is 0 Å². The Bertz CT molecular complexity index is 502. The number of benzene rings is 1. The summed E-state index contributed by atoms with van der Waals surface area (Å²) in [5.41, 5.74) is -1.23. The average molecular weight is 330 g/mol. The van der Waals surface area contributed by atoms with Crippen LogP contribution in [0.1, 0.15) is 34.6 Å². The fourth-order valence-corrected chi connectivity index (χ4v) is 1.79. The van der Waals surface area contributed by atoms with Crippen LogP contribution in [0.4, 0.5) is 4.39 Å². The maximum atomic E-state index is 12.4. The minimum atomic E-state index is -1.65. The highest BCUT2D eigenvalue weighted by molar-refractivity contribution is 7.18. The monoisotopic (exact) mass is 330 g/mol. The van der Waals surface area contributed by atoms with E-state index in [1.54, 1.807) is 12.1 Å². The number of ether oxygens (including phenoxy) is 2. The number of carbonyl (C=O) groups is 3. The molecule has 0 spiro atoms. The van der Waals surface area contributed by atoms with E-state index in [1.165, 1.54) is 40.2 Å². The van der Waals surface area contributed by atoms with E-state index in [-0.39, 0.29) is 23.1 Å². The SMILES string of the molecule is CC(C)(F)C(=O)CP.COC(=O)c1ccccc1C(=O)OC. The van der Waals surface area contributed by atoms with E-state index in [9.17, 15) is 18.8 Å². The Morgan fingerprint density at radius 1 is 1.05 bits per heavy atom. The highest BCUT2D eigenvalue weighted by Gasteiger charge is 2.23. The first-order valence-electron chi connectivity index (χ1n) is 6.37. The van der Waals surface area contributed by atoms with Gasteiger partial charge in [-0.15, -0.1) is 9.24 Å². The third-order valence-corrected chi connectivity index (χ3v) is 2.96. The minimum absolute atomic E-state index is 0.198. The second kappa shape index (κ2) is 9.26. The molecule has 5 nitrogen and oxygen atoms in total. The molecule has 0 aromatic heterocycles. The number of hydrogen-bond donors (Lipinski definition) is 0. The van der Waals surface area contributed by atoms with Crippen LogP contribution in [-0.4, -0.2) is 43.8 Å². The Hall–Kier alpha value is -1.81. The van der Waals surface area contributed by atoms with Crippen molar-refractivity contribution in [1.82, 2.24) is 0 Å². The third kappa shape index (κ3) is 6.31. The predicted molar refractivity (Wildman–Crippen MR) is 83.9 cm³/mol. The number of rotatable bonds is 4. The number of Topliss-reactive ketones (excluding diaryl/α,β-unsaturated/α-hetero) is 1. The average Bonchev–Trinajstić information content (AvgIpc) is 2.52. The van der Waals surface area contributed by atoms with Crippen LogP contribution in [-0.2, 0) is 14.3 Å². The molecule has 1 rings (SSSR count). The zero-order valence-electron chi connectivity index (χ0n) is 13.0. The zero-order valence-corrected chi connectivity index (χ0v) is 14.2. The van der Waals surface area contributed by atoms with Crippen LogP contribution in [0.25, 0.3) is 0 Å². The van der Waals surface area contributed by atoms with Crippen LogP contribution in [0.5, 0.6) is 0 Å². The van der Waals surface area contributed by atoms with Gasteiger partial charge in [0.25, 0.3) is 0 Å². The molecule has 0 radical (unpaired) electrons. The maximum Gasteiger partial charge on any atom is 0.338 e. The van der Waals surface area contributed by atoms with Crippen molar-refractivity contribution in [2.45, 2.75) is 19.5 Å². The molecule has 0 bridgehead atoms. The van der Waals surface area contributed by atoms with Gasteiger partial charge in [-0.1, -0.05) is 12.1 Å². The molecule has 1 atom stereocenters. The molecule has 0 fully saturated rings. The predicted octanol–water partition coefficient (Wildman–Crippen LogP) is 2.44. The van der Waals surface area contributed by atoms with Gasteiger partial charge in [0.15, 0.2) is 11.5 Å². The molecule has 0 amide bonds. The van der Waals surface area contributed by atoms with E-state index >= 15 is 0 Å². The van der Waals surface area contributed by atoms with Gasteiger partial charge in [0.1, 0.15) is 0 Å². The molecule has 1 aromatic rings. The van der Waals surface area contributed by atoms with Crippen molar-refractivity contribution in [3.05, 3.63) is 35.4 Å². The summed E-state index contributed by atoms with van der Waals surface area (Å²) in [5, 5.41) is 0. The lowest BCUT2D eigenvalue weighted by atomic mass is 10.1. The Morgan fingerprint density at radius 3 is 1.59 bits per heavy atom. The number of halogens is 1. The van der Waals surface area contributed by atoms with E-state index in [1.807, 2.05) is 0 Å². The summed E-state index contributed by atoms with van der Waals surface area (Å²) in [5.74, 6) is -1.47. The van der Waals surface area contributed by atoms with Crippen molar-refractivity contribution in [1.29, 1.82) is 0 Å². The molecule has 1 aromatic carbocycles. The van der Waals surface area contributed by atoms with Crippen LogP contribution in [0.15, 0.2) is 24.3 Å². The van der Waals surface area contributed by atoms with Crippen molar-refractivity contribution >= 4 is 27.0 Å². The van der Waals surface area contributed by atoms with Gasteiger partial charge in [-0.3, -0.25) is 4.79 Å². The van der Waals surface area contributed by atoms with Crippen molar-refractivity contribution < 1.29 is 28.2 Å². The zero-order chi connectivity index (χ0) is 17.3. The molecule has 0 N–H and O–H groups in total. The Morgan fingerprint density at radius 2 is 1.41 bits per heavy atom. The van der Waals surface area contributed by atoms with Gasteiger partial charge in [0.05, 0.1) is 25.3 Å². The van der Waals surface area contributed by atoms with Gasteiger partial charge >= 0.3 is 11.9 Å². The van der Waals surface area contributed by atoms with Gasteiger partial charge in [-0.25, -0.2) is 14.0 Å². The molecule has 0 aliphatic heterocycles. The fourth-order valence-electron chi connectivity index (χ4n) is 1.30. The molecule has 0 aliphatic rings. The summed E-state index contributed by atoms with van der Waals surface area (Å²) < 4.78 is 21.5. The summed E-state index contributed by atoms with van der Waals surface area (Å²) in [6.45, 7) is 2.53. The normalized spacial score (nSPS) is 10.1. The van der Waals surface area contributed by atoms with Crippen LogP contribution in [0, 0.1) is 0 Å². The van der Waals surface area contributed by atoms with Crippen LogP contribution in [0.3, 0.4) is 0 Å². The highest BCUT2D eigenvalue weighted by atomic mass is 31.0. The molecule has 0 saturated heterocycles. The van der Waals surface area contributed by atoms with Crippen LogP contribution >= 0.6 is 9.24 Å². The van der Waals surface area contributed by atoms with E-state index in [0.717, 1.165) is 0 Å². The molecule has 1 unspecified atom stereocenters. The molecule has 0 saturated carbocycles. The number of alkyl halides is 1. The second-order valence-electron chi connectivity index (χ2n) is 4.63. The number of methoxy groups -OCH3 is 2. The second-order valence-corrected chi connectivity index (χ2v) is 5.04. The number of hydrogen-bond acceptors (Lipinski definition) is 5. The first-order valence-corrected chi connectivity index (χ1v) is 7.18. The summed E-state index contributed by atoms with van der Waals surface area (Å²) in [7, 11) is 4.71. The molecule has 7 heteroatoms. The lowest BCUT2D eigenvalue weighted by molar-refractivity contribution is -0.125. The van der Waals surface area contributed by atoms with Gasteiger partial charge in [-0.2, -0.15) is 0 Å². The molecular formula is C15H20FO5P. The molecule has 122 valence electrons. The molecule has 0 aliphatic carbocycles. The smallest absolute Gasteiger partial charge is 0.338 e. The maximum absolute atomic E-state index is 12.4. The number of ketones is 1. The standard InChI is InChI=1S/C10H10O4.C5H10FOP/c1-13-9(11)7-5-3-4-6-8(7)10(12)14-2;1-5(2,6)4(7)3-8/h3-6H,1-2H3;3,8H2,1-2H3. The van der Waals surface area contributed by atoms with Crippen LogP contribution < -0.4 is 0 Å². The van der Waals surface area contributed by atoms with E-state index < -0.39 is 17.6 Å². The number of esters is 2. The lowest BCUT2D eigenvalue weighted by Crippen LogP contribution is -2.26. The minimum Gasteiger partial charge on any atom is -0.465 e. The Balaban J connectivity index is 0.000000472. The largest absolute Gasteiger partial charge is 0.465 e. The van der Waals surface area contributed by atoms with Crippen molar-refractivity contribution in [3.8, 4) is 0 Å². The molecule has 22 heavy (non-hydrogen) atoms. The van der Waals surface area contributed by atoms with Crippen molar-refractivity contribution in [2.75, 3.05) is 20.4 Å². The molecule has 0 heterocycles. The lowest BCUT2D eigenvalue weighted by Gasteiger charge is -2.08. The Kier molecular flexibility index (Phi) is 8.50. The van der Waals surface area contributed by atoms with Crippen molar-refractivity contribution in [3.63, 3.8) is 0 Å². The molecular weight excluding hydrogens is 310 g/mol.